The lowest BCUT2D eigenvalue weighted by Crippen LogP contribution is -2.21. The Bertz CT molecular complexity index is 823. The van der Waals surface area contributed by atoms with Crippen molar-refractivity contribution in [1.82, 2.24) is 0 Å². The van der Waals surface area contributed by atoms with E-state index in [-0.39, 0.29) is 23.4 Å². The number of ketones is 1. The van der Waals surface area contributed by atoms with Gasteiger partial charge in [0.2, 0.25) is 0 Å². The molecule has 1 aliphatic rings. The minimum Gasteiger partial charge on any atom is -0.390 e. The zero-order valence-electron chi connectivity index (χ0n) is 14.8. The van der Waals surface area contributed by atoms with Crippen molar-refractivity contribution in [3.8, 4) is 0 Å². The topological polar surface area (TPSA) is 61.4 Å². The highest BCUT2D eigenvalue weighted by Crippen LogP contribution is 2.33. The first-order valence-corrected chi connectivity index (χ1v) is 9.41. The molecule has 2 atom stereocenters. The van der Waals surface area contributed by atoms with Gasteiger partial charge in [-0.25, -0.2) is 4.39 Å². The van der Waals surface area contributed by atoms with Crippen LogP contribution in [0.15, 0.2) is 60.3 Å². The van der Waals surface area contributed by atoms with Crippen molar-refractivity contribution in [2.45, 2.75) is 24.9 Å². The van der Waals surface area contributed by atoms with E-state index in [0.717, 1.165) is 22.6 Å². The number of halogens is 2. The summed E-state index contributed by atoms with van der Waals surface area (Å²) in [5.74, 6) is -0.0690. The summed E-state index contributed by atoms with van der Waals surface area (Å²) in [6.45, 7) is 0.332. The molecule has 0 radical (unpaired) electrons. The van der Waals surface area contributed by atoms with E-state index in [9.17, 15) is 14.3 Å². The summed E-state index contributed by atoms with van der Waals surface area (Å²) in [4.78, 5) is 12.2. The van der Waals surface area contributed by atoms with Gasteiger partial charge >= 0.3 is 0 Å². The number of allylic oxidation sites excluding steroid dienone is 2. The van der Waals surface area contributed by atoms with E-state index in [1.165, 1.54) is 12.1 Å². The molecule has 2 aromatic carbocycles. The molecule has 1 aliphatic carbocycles. The van der Waals surface area contributed by atoms with E-state index < -0.39 is 6.10 Å². The predicted molar refractivity (Wildman–Crippen MR) is 107 cm³/mol. The molecule has 0 aromatic heterocycles. The number of para-hydroxylation sites is 2. The molecule has 0 bridgehead atoms. The van der Waals surface area contributed by atoms with Crippen molar-refractivity contribution in [3.63, 3.8) is 0 Å². The van der Waals surface area contributed by atoms with Gasteiger partial charge in [-0.15, -0.1) is 11.6 Å². The minimum absolute atomic E-state index is 0.0174. The predicted octanol–water partition coefficient (Wildman–Crippen LogP) is 4.28. The Hall–Kier alpha value is -2.37. The highest BCUT2D eigenvalue weighted by atomic mass is 35.5. The lowest BCUT2D eigenvalue weighted by Gasteiger charge is -2.24. The van der Waals surface area contributed by atoms with Gasteiger partial charge in [-0.2, -0.15) is 0 Å². The van der Waals surface area contributed by atoms with E-state index >= 15 is 0 Å². The number of aliphatic hydroxyl groups excluding tert-OH is 1. The zero-order valence-corrected chi connectivity index (χ0v) is 15.5. The average molecular weight is 389 g/mol. The van der Waals surface area contributed by atoms with Gasteiger partial charge in [-0.05, 0) is 42.2 Å². The van der Waals surface area contributed by atoms with Crippen molar-refractivity contribution in [2.75, 3.05) is 23.1 Å². The van der Waals surface area contributed by atoms with Gasteiger partial charge in [0.1, 0.15) is 5.82 Å². The molecule has 3 rings (SSSR count). The molecule has 0 amide bonds. The van der Waals surface area contributed by atoms with Gasteiger partial charge in [0.05, 0.1) is 23.4 Å². The zero-order chi connectivity index (χ0) is 19.2. The summed E-state index contributed by atoms with van der Waals surface area (Å²) >= 11 is 5.64. The third-order valence-electron chi connectivity index (χ3n) is 4.52. The maximum Gasteiger partial charge on any atom is 0.158 e. The van der Waals surface area contributed by atoms with E-state index in [1.807, 2.05) is 24.3 Å². The van der Waals surface area contributed by atoms with Gasteiger partial charge in [0, 0.05) is 24.7 Å². The first kappa shape index (κ1) is 19.4. The summed E-state index contributed by atoms with van der Waals surface area (Å²) in [5.41, 5.74) is 3.40. The summed E-state index contributed by atoms with van der Waals surface area (Å²) in [6.07, 6.45) is 2.07. The van der Waals surface area contributed by atoms with Gasteiger partial charge in [-0.1, -0.05) is 24.3 Å². The number of hydrogen-bond acceptors (Lipinski definition) is 4. The molecule has 27 heavy (non-hydrogen) atoms. The molecular formula is C21H22ClFN2O2. The maximum atomic E-state index is 13.2. The molecule has 142 valence electrons. The van der Waals surface area contributed by atoms with Crippen molar-refractivity contribution < 1.29 is 14.3 Å². The van der Waals surface area contributed by atoms with Crippen molar-refractivity contribution >= 4 is 28.8 Å². The van der Waals surface area contributed by atoms with Crippen LogP contribution in [0, 0.1) is 5.82 Å². The second-order valence-electron chi connectivity index (χ2n) is 6.65. The number of rotatable bonds is 7. The van der Waals surface area contributed by atoms with Crippen molar-refractivity contribution in [1.29, 1.82) is 0 Å². The summed E-state index contributed by atoms with van der Waals surface area (Å²) in [6, 6.07) is 13.9. The molecule has 2 unspecified atom stereocenters. The van der Waals surface area contributed by atoms with Crippen LogP contribution >= 0.6 is 11.6 Å². The van der Waals surface area contributed by atoms with Crippen LogP contribution in [0.1, 0.15) is 24.3 Å². The molecule has 3 N–H and O–H groups in total. The van der Waals surface area contributed by atoms with Crippen LogP contribution in [0.5, 0.6) is 0 Å². The Kier molecular flexibility index (Phi) is 6.48. The van der Waals surface area contributed by atoms with Gasteiger partial charge in [0.15, 0.2) is 5.78 Å². The molecule has 6 heteroatoms. The quantitative estimate of drug-likeness (QED) is 0.619. The number of alkyl halides is 1. The lowest BCUT2D eigenvalue weighted by atomic mass is 9.85. The van der Waals surface area contributed by atoms with Gasteiger partial charge in [0.25, 0.3) is 0 Å². The highest BCUT2D eigenvalue weighted by molar-refractivity contribution is 6.18. The van der Waals surface area contributed by atoms with Crippen LogP contribution in [0.4, 0.5) is 15.8 Å². The number of carbonyl (C=O) groups is 1. The summed E-state index contributed by atoms with van der Waals surface area (Å²) < 4.78 is 13.2. The van der Waals surface area contributed by atoms with E-state index in [2.05, 4.69) is 10.6 Å². The summed E-state index contributed by atoms with van der Waals surface area (Å²) in [7, 11) is 0. The first-order chi connectivity index (χ1) is 13.0. The van der Waals surface area contributed by atoms with Crippen LogP contribution in [0.25, 0.3) is 0 Å². The second-order valence-corrected chi connectivity index (χ2v) is 6.96. The van der Waals surface area contributed by atoms with Crippen molar-refractivity contribution in [2.24, 2.45) is 0 Å². The lowest BCUT2D eigenvalue weighted by molar-refractivity contribution is -0.115. The van der Waals surface area contributed by atoms with E-state index in [4.69, 9.17) is 11.6 Å². The number of anilines is 2. The fourth-order valence-electron chi connectivity index (χ4n) is 3.15. The fourth-order valence-corrected chi connectivity index (χ4v) is 3.26. The molecule has 0 aliphatic heterocycles. The molecular weight excluding hydrogens is 367 g/mol. The van der Waals surface area contributed by atoms with Crippen LogP contribution in [0.2, 0.25) is 0 Å². The Balaban J connectivity index is 1.73. The molecule has 0 fully saturated rings. The Morgan fingerprint density at radius 2 is 1.81 bits per heavy atom. The third-order valence-corrected chi connectivity index (χ3v) is 4.88. The molecule has 0 heterocycles. The van der Waals surface area contributed by atoms with Gasteiger partial charge in [-0.3, -0.25) is 4.79 Å². The highest BCUT2D eigenvalue weighted by Gasteiger charge is 2.22. The number of aliphatic hydroxyl groups is 1. The molecule has 0 saturated heterocycles. The molecule has 0 spiro atoms. The maximum absolute atomic E-state index is 13.2. The number of hydrogen-bond donors (Lipinski definition) is 3. The molecule has 4 nitrogen and oxygen atoms in total. The van der Waals surface area contributed by atoms with Crippen LogP contribution in [0.3, 0.4) is 0 Å². The summed E-state index contributed by atoms with van der Waals surface area (Å²) in [5, 5.41) is 16.1. The second kappa shape index (κ2) is 9.02. The van der Waals surface area contributed by atoms with Gasteiger partial charge < -0.3 is 15.7 Å². The molecule has 0 saturated carbocycles. The largest absolute Gasteiger partial charge is 0.390 e. The van der Waals surface area contributed by atoms with Crippen LogP contribution in [-0.2, 0) is 4.79 Å². The minimum atomic E-state index is -0.641. The van der Waals surface area contributed by atoms with Crippen LogP contribution < -0.4 is 10.6 Å². The van der Waals surface area contributed by atoms with Crippen LogP contribution in [-0.4, -0.2) is 29.4 Å². The Labute approximate surface area is 163 Å². The third kappa shape index (κ3) is 5.31. The Morgan fingerprint density at radius 1 is 1.11 bits per heavy atom. The number of carbonyl (C=O) groups excluding carboxylic acids is 1. The smallest absolute Gasteiger partial charge is 0.158 e. The van der Waals surface area contributed by atoms with Crippen molar-refractivity contribution in [3.05, 3.63) is 71.7 Å². The number of nitrogens with one attached hydrogen (secondary N) is 2. The van der Waals surface area contributed by atoms with E-state index in [0.29, 0.717) is 19.4 Å². The normalized spacial score (nSPS) is 18.0. The first-order valence-electron chi connectivity index (χ1n) is 8.88. The fraction of sp³-hybridized carbons (Fsp3) is 0.286. The van der Waals surface area contributed by atoms with E-state index in [1.54, 1.807) is 18.2 Å². The standard InChI is InChI=1S/C21H22ClFN2O2/c22-12-19(27)13-24-20-3-1-2-4-21(20)25-17-9-15(10-18(26)11-17)14-5-7-16(23)8-6-14/h1-8,11,15,19,24-25,27H,9-10,12-13H2. The molecule has 2 aromatic rings. The Morgan fingerprint density at radius 3 is 2.52 bits per heavy atom. The SMILES string of the molecule is O=C1C=C(Nc2ccccc2NCC(O)CCl)CC(c2ccc(F)cc2)C1. The monoisotopic (exact) mass is 388 g/mol. The number of benzene rings is 2. The average Bonchev–Trinajstić information content (AvgIpc) is 2.67.